The van der Waals surface area contributed by atoms with Crippen LogP contribution in [-0.2, 0) is 0 Å². The Morgan fingerprint density at radius 1 is 1.62 bits per heavy atom. The van der Waals surface area contributed by atoms with E-state index in [0.717, 1.165) is 6.42 Å². The first-order valence-corrected chi connectivity index (χ1v) is 2.69. The summed E-state index contributed by atoms with van der Waals surface area (Å²) >= 11 is 0. The molecule has 0 saturated heterocycles. The third kappa shape index (κ3) is 9.45. The van der Waals surface area contributed by atoms with Gasteiger partial charge in [-0.2, -0.15) is 6.08 Å². The van der Waals surface area contributed by atoms with Crippen molar-refractivity contribution >= 4 is 0 Å². The monoisotopic (exact) mass is 102 g/mol. The molecule has 8 heavy (non-hydrogen) atoms. The summed E-state index contributed by atoms with van der Waals surface area (Å²) in [6, 6.07) is 0. The van der Waals surface area contributed by atoms with Gasteiger partial charge in [0.05, 0.1) is 0 Å². The Kier molecular flexibility index (Phi) is 14.0. The second-order valence-corrected chi connectivity index (χ2v) is 1.51. The van der Waals surface area contributed by atoms with Gasteiger partial charge >= 0.3 is 18.9 Å². The molecule has 0 aliphatic heterocycles. The molecule has 0 rings (SSSR count). The van der Waals surface area contributed by atoms with E-state index in [0.29, 0.717) is 0 Å². The van der Waals surface area contributed by atoms with Gasteiger partial charge in [0.2, 0.25) is 0 Å². The molecule has 0 spiro atoms. The van der Waals surface area contributed by atoms with E-state index in [4.69, 9.17) is 6.58 Å². The zero-order valence-corrected chi connectivity index (χ0v) is 5.78. The van der Waals surface area contributed by atoms with Crippen molar-refractivity contribution in [1.29, 1.82) is 0 Å². The van der Waals surface area contributed by atoms with E-state index in [2.05, 4.69) is 12.7 Å². The summed E-state index contributed by atoms with van der Waals surface area (Å²) in [4.78, 5) is 0. The van der Waals surface area contributed by atoms with Crippen molar-refractivity contribution in [3.05, 3.63) is 18.4 Å². The van der Waals surface area contributed by atoms with Crippen molar-refractivity contribution in [3.8, 4) is 0 Å². The fourth-order valence-electron chi connectivity index (χ4n) is 0.390. The molecule has 0 aromatic heterocycles. The number of unbranched alkanes of at least 4 members (excludes halogenated alkanes) is 2. The van der Waals surface area contributed by atoms with Crippen LogP contribution in [-0.4, -0.2) is 0 Å². The topological polar surface area (TPSA) is 0 Å². The van der Waals surface area contributed by atoms with Crippen LogP contribution in [0, 0.1) is 6.58 Å². The fourth-order valence-corrected chi connectivity index (χ4v) is 0.390. The summed E-state index contributed by atoms with van der Waals surface area (Å²) in [5.41, 5.74) is 2.48. The van der Waals surface area contributed by atoms with Gasteiger partial charge in [0.15, 0.2) is 0 Å². The molecule has 0 aromatic carbocycles. The Labute approximate surface area is 63.8 Å². The predicted molar refractivity (Wildman–Crippen MR) is 31.9 cm³/mol. The van der Waals surface area contributed by atoms with Crippen LogP contribution >= 0.6 is 0 Å². The third-order valence-corrected chi connectivity index (χ3v) is 0.820. The quantitative estimate of drug-likeness (QED) is 0.192. The van der Waals surface area contributed by atoms with Crippen molar-refractivity contribution in [1.82, 2.24) is 0 Å². The maximum absolute atomic E-state index is 4.96. The Morgan fingerprint density at radius 2 is 2.25 bits per heavy atom. The Morgan fingerprint density at radius 3 is 2.62 bits per heavy atom. The summed E-state index contributed by atoms with van der Waals surface area (Å²) in [5.74, 6) is 0. The van der Waals surface area contributed by atoms with Gasteiger partial charge in [-0.05, 0) is 0 Å². The van der Waals surface area contributed by atoms with Crippen molar-refractivity contribution < 1.29 is 18.9 Å². The molecule has 0 fully saturated rings. The summed E-state index contributed by atoms with van der Waals surface area (Å²) in [6.07, 6.45) is 5.40. The molecule has 0 aliphatic carbocycles. The van der Waals surface area contributed by atoms with Crippen LogP contribution in [0.25, 0.3) is 0 Å². The summed E-state index contributed by atoms with van der Waals surface area (Å²) < 4.78 is 0. The van der Waals surface area contributed by atoms with E-state index in [1.54, 1.807) is 0 Å². The molecule has 0 unspecified atom stereocenters. The van der Waals surface area contributed by atoms with Gasteiger partial charge in [-0.1, -0.05) is 26.2 Å². The first kappa shape index (κ1) is 11.0. The van der Waals surface area contributed by atoms with Crippen molar-refractivity contribution in [3.63, 3.8) is 0 Å². The van der Waals surface area contributed by atoms with E-state index in [1.807, 2.05) is 6.08 Å². The van der Waals surface area contributed by atoms with Crippen LogP contribution in [0.1, 0.15) is 26.2 Å². The van der Waals surface area contributed by atoms with Gasteiger partial charge in [-0.15, -0.1) is 0 Å². The van der Waals surface area contributed by atoms with Crippen molar-refractivity contribution in [2.45, 2.75) is 26.2 Å². The second-order valence-electron chi connectivity index (χ2n) is 1.51. The number of rotatable bonds is 3. The van der Waals surface area contributed by atoms with Gasteiger partial charge in [0, 0.05) is 0 Å². The van der Waals surface area contributed by atoms with Crippen LogP contribution in [0.4, 0.5) is 0 Å². The van der Waals surface area contributed by atoms with Gasteiger partial charge in [0.1, 0.15) is 0 Å². The average molecular weight is 102 g/mol. The summed E-state index contributed by atoms with van der Waals surface area (Å²) in [6.45, 7) is 7.12. The minimum absolute atomic E-state index is 0. The van der Waals surface area contributed by atoms with Gasteiger partial charge in [-0.3, -0.25) is 0 Å². The number of hydrogen-bond donors (Lipinski definition) is 0. The van der Waals surface area contributed by atoms with Crippen LogP contribution < -0.4 is 18.9 Å². The molecule has 0 amide bonds. The minimum Gasteiger partial charge on any atom is -0.339 e. The standard InChI is InChI=1S/C7H11.Li/c1-3-5-7-6-4-2;/h1,5H,4,6-7H2,2H3;/q-1;+1. The van der Waals surface area contributed by atoms with E-state index >= 15 is 0 Å². The second kappa shape index (κ2) is 10.2. The molecule has 0 aromatic rings. The molecule has 0 radical (unpaired) electrons. The number of allylic oxidation sites excluding steroid dienone is 1. The molecule has 1 heteroatoms. The molecule has 0 heterocycles. The Bertz CT molecular complexity index is 70.5. The largest absolute Gasteiger partial charge is 1.00 e. The Hall–Kier alpha value is 0.117. The van der Waals surface area contributed by atoms with Gasteiger partial charge < -0.3 is 5.73 Å². The van der Waals surface area contributed by atoms with Crippen LogP contribution in [0.15, 0.2) is 11.8 Å². The molecule has 0 saturated carbocycles. The first-order valence-electron chi connectivity index (χ1n) is 2.69. The van der Waals surface area contributed by atoms with Crippen molar-refractivity contribution in [2.75, 3.05) is 0 Å². The van der Waals surface area contributed by atoms with Gasteiger partial charge in [0.25, 0.3) is 0 Å². The summed E-state index contributed by atoms with van der Waals surface area (Å²) in [5, 5.41) is 0. The normalized spacial score (nSPS) is 6.62. The maximum atomic E-state index is 4.96. The molecule has 0 atom stereocenters. The third-order valence-electron chi connectivity index (χ3n) is 0.820. The van der Waals surface area contributed by atoms with Crippen LogP contribution in [0.2, 0.25) is 0 Å². The molecule has 40 valence electrons. The minimum atomic E-state index is 0. The maximum Gasteiger partial charge on any atom is 1.00 e. The van der Waals surface area contributed by atoms with E-state index in [-0.39, 0.29) is 18.9 Å². The molecular weight excluding hydrogens is 91.0 g/mol. The molecule has 0 N–H and O–H groups in total. The van der Waals surface area contributed by atoms with E-state index < -0.39 is 0 Å². The molecule has 0 aliphatic rings. The Balaban J connectivity index is 0. The fraction of sp³-hybridized carbons (Fsp3) is 0.571. The van der Waals surface area contributed by atoms with Crippen molar-refractivity contribution in [2.24, 2.45) is 0 Å². The average Bonchev–Trinajstić information content (AvgIpc) is 1.69. The van der Waals surface area contributed by atoms with Crippen LogP contribution in [0.3, 0.4) is 0 Å². The zero-order valence-electron chi connectivity index (χ0n) is 5.78. The van der Waals surface area contributed by atoms with Crippen LogP contribution in [0.5, 0.6) is 0 Å². The molecule has 0 nitrogen and oxygen atoms in total. The van der Waals surface area contributed by atoms with E-state index in [1.165, 1.54) is 12.8 Å². The first-order chi connectivity index (χ1) is 3.41. The zero-order chi connectivity index (χ0) is 5.54. The molecular formula is C7H11Li. The SMILES string of the molecule is [CH-]=C=CCCCC.[Li+]. The predicted octanol–water partition coefficient (Wildman–Crippen LogP) is -0.675. The number of hydrogen-bond acceptors (Lipinski definition) is 0. The summed E-state index contributed by atoms with van der Waals surface area (Å²) in [7, 11) is 0. The van der Waals surface area contributed by atoms with E-state index in [9.17, 15) is 0 Å². The van der Waals surface area contributed by atoms with Gasteiger partial charge in [-0.25, -0.2) is 6.58 Å². The molecule has 0 bridgehead atoms. The smallest absolute Gasteiger partial charge is 0.339 e.